The van der Waals surface area contributed by atoms with Crippen molar-refractivity contribution in [3.63, 3.8) is 0 Å². The predicted molar refractivity (Wildman–Crippen MR) is 87.0 cm³/mol. The predicted octanol–water partition coefficient (Wildman–Crippen LogP) is 3.96. The van der Waals surface area contributed by atoms with Crippen LogP contribution in [-0.4, -0.2) is 23.5 Å². The molecule has 2 N–H and O–H groups in total. The molecule has 0 saturated heterocycles. The summed E-state index contributed by atoms with van der Waals surface area (Å²) in [6.45, 7) is 11.1. The Kier molecular flexibility index (Phi) is 4.87. The van der Waals surface area contributed by atoms with Gasteiger partial charge in [-0.05, 0) is 56.5 Å². The van der Waals surface area contributed by atoms with E-state index >= 15 is 0 Å². The van der Waals surface area contributed by atoms with E-state index in [1.54, 1.807) is 0 Å². The van der Waals surface area contributed by atoms with Crippen LogP contribution < -0.4 is 5.73 Å². The number of likely N-dealkylation sites (N-methyl/N-ethyl adjacent to an activating group) is 1. The molecule has 1 saturated carbocycles. The van der Waals surface area contributed by atoms with E-state index in [-0.39, 0.29) is 11.6 Å². The molecular weight excluding hydrogens is 244 g/mol. The highest BCUT2D eigenvalue weighted by Crippen LogP contribution is 2.43. The molecule has 0 radical (unpaired) electrons. The number of hydrogen-bond acceptors (Lipinski definition) is 2. The first-order chi connectivity index (χ1) is 9.55. The van der Waals surface area contributed by atoms with Crippen LogP contribution in [0.15, 0.2) is 18.2 Å². The van der Waals surface area contributed by atoms with Crippen LogP contribution in [0.3, 0.4) is 0 Å². The third kappa shape index (κ3) is 2.64. The molecule has 0 spiro atoms. The highest BCUT2D eigenvalue weighted by atomic mass is 15.2. The van der Waals surface area contributed by atoms with Crippen molar-refractivity contribution in [2.24, 2.45) is 5.73 Å². The van der Waals surface area contributed by atoms with Crippen LogP contribution in [0, 0.1) is 13.8 Å². The molecule has 1 unspecified atom stereocenters. The molecule has 1 aliphatic rings. The monoisotopic (exact) mass is 274 g/mol. The second-order valence-corrected chi connectivity index (χ2v) is 6.30. The third-order valence-electron chi connectivity index (χ3n) is 5.33. The smallest absolute Gasteiger partial charge is 0.0482 e. The number of nitrogens with zero attached hydrogens (tertiary/aromatic N) is 1. The van der Waals surface area contributed by atoms with E-state index in [0.717, 1.165) is 13.1 Å². The van der Waals surface area contributed by atoms with E-state index in [1.165, 1.54) is 42.4 Å². The van der Waals surface area contributed by atoms with Crippen LogP contribution in [-0.2, 0) is 0 Å². The normalized spacial score (nSPS) is 19.5. The average molecular weight is 274 g/mol. The van der Waals surface area contributed by atoms with Crippen LogP contribution in [0.4, 0.5) is 0 Å². The van der Waals surface area contributed by atoms with Crippen molar-refractivity contribution in [3.8, 4) is 0 Å². The van der Waals surface area contributed by atoms with Crippen molar-refractivity contribution in [3.05, 3.63) is 34.9 Å². The fourth-order valence-corrected chi connectivity index (χ4v) is 3.93. The van der Waals surface area contributed by atoms with Crippen LogP contribution in [0.2, 0.25) is 0 Å². The van der Waals surface area contributed by atoms with Crippen molar-refractivity contribution in [1.29, 1.82) is 0 Å². The van der Waals surface area contributed by atoms with E-state index in [1.807, 2.05) is 0 Å². The first-order valence-electron chi connectivity index (χ1n) is 8.13. The Morgan fingerprint density at radius 2 is 1.70 bits per heavy atom. The Morgan fingerprint density at radius 1 is 1.10 bits per heavy atom. The molecule has 0 bridgehead atoms. The van der Waals surface area contributed by atoms with Gasteiger partial charge in [0.15, 0.2) is 0 Å². The van der Waals surface area contributed by atoms with Crippen molar-refractivity contribution in [1.82, 2.24) is 4.90 Å². The molecule has 112 valence electrons. The summed E-state index contributed by atoms with van der Waals surface area (Å²) in [4.78, 5) is 2.60. The molecule has 20 heavy (non-hydrogen) atoms. The molecule has 1 aliphatic carbocycles. The molecule has 1 fully saturated rings. The SMILES string of the molecule is CCN(CC)C1(C(N)c2ccc(C)c(C)c2)CCCC1. The Morgan fingerprint density at radius 3 is 2.20 bits per heavy atom. The molecule has 2 nitrogen and oxygen atoms in total. The van der Waals surface area contributed by atoms with Gasteiger partial charge in [-0.3, -0.25) is 4.90 Å². The van der Waals surface area contributed by atoms with Crippen LogP contribution in [0.1, 0.15) is 62.3 Å². The summed E-state index contributed by atoms with van der Waals surface area (Å²) in [5.41, 5.74) is 10.9. The number of benzene rings is 1. The van der Waals surface area contributed by atoms with Crippen molar-refractivity contribution >= 4 is 0 Å². The zero-order valence-electron chi connectivity index (χ0n) is 13.6. The van der Waals surface area contributed by atoms with E-state index in [2.05, 4.69) is 50.8 Å². The number of hydrogen-bond donors (Lipinski definition) is 1. The molecule has 1 aromatic rings. The lowest BCUT2D eigenvalue weighted by Gasteiger charge is -2.45. The number of rotatable bonds is 5. The second kappa shape index (κ2) is 6.28. The topological polar surface area (TPSA) is 29.3 Å². The van der Waals surface area contributed by atoms with E-state index in [4.69, 9.17) is 5.73 Å². The van der Waals surface area contributed by atoms with Gasteiger partial charge in [-0.2, -0.15) is 0 Å². The van der Waals surface area contributed by atoms with Crippen molar-refractivity contribution in [2.45, 2.75) is 65.0 Å². The van der Waals surface area contributed by atoms with Gasteiger partial charge in [-0.15, -0.1) is 0 Å². The molecule has 0 aliphatic heterocycles. The lowest BCUT2D eigenvalue weighted by atomic mass is 9.81. The van der Waals surface area contributed by atoms with Gasteiger partial charge in [0.1, 0.15) is 0 Å². The van der Waals surface area contributed by atoms with Gasteiger partial charge in [-0.25, -0.2) is 0 Å². The summed E-state index contributed by atoms with van der Waals surface area (Å²) in [6.07, 6.45) is 5.11. The van der Waals surface area contributed by atoms with Gasteiger partial charge in [-0.1, -0.05) is 44.9 Å². The maximum absolute atomic E-state index is 6.76. The summed E-state index contributed by atoms with van der Waals surface area (Å²) in [7, 11) is 0. The van der Waals surface area contributed by atoms with E-state index in [9.17, 15) is 0 Å². The largest absolute Gasteiger partial charge is 0.322 e. The number of nitrogens with two attached hydrogens (primary N) is 1. The minimum absolute atomic E-state index is 0.129. The van der Waals surface area contributed by atoms with Crippen LogP contribution >= 0.6 is 0 Å². The van der Waals surface area contributed by atoms with Gasteiger partial charge in [0.25, 0.3) is 0 Å². The average Bonchev–Trinajstić information content (AvgIpc) is 2.93. The second-order valence-electron chi connectivity index (χ2n) is 6.30. The molecule has 0 heterocycles. The fraction of sp³-hybridized carbons (Fsp3) is 0.667. The molecule has 1 aromatic carbocycles. The van der Waals surface area contributed by atoms with Crippen LogP contribution in [0.5, 0.6) is 0 Å². The summed E-state index contributed by atoms with van der Waals surface area (Å²) in [6, 6.07) is 6.87. The first kappa shape index (κ1) is 15.5. The molecule has 2 rings (SSSR count). The number of aryl methyl sites for hydroxylation is 2. The lowest BCUT2D eigenvalue weighted by molar-refractivity contribution is 0.0770. The molecule has 0 amide bonds. The van der Waals surface area contributed by atoms with E-state index in [0.29, 0.717) is 0 Å². The molecule has 1 atom stereocenters. The summed E-state index contributed by atoms with van der Waals surface area (Å²) < 4.78 is 0. The third-order valence-corrected chi connectivity index (χ3v) is 5.33. The van der Waals surface area contributed by atoms with Gasteiger partial charge >= 0.3 is 0 Å². The van der Waals surface area contributed by atoms with Crippen molar-refractivity contribution in [2.75, 3.05) is 13.1 Å². The molecule has 2 heteroatoms. The van der Waals surface area contributed by atoms with Gasteiger partial charge in [0, 0.05) is 11.6 Å². The standard InChI is InChI=1S/C18H30N2/c1-5-20(6-2)18(11-7-8-12-18)17(19)16-10-9-14(3)15(4)13-16/h9-10,13,17H,5-8,11-12,19H2,1-4H3. The Hall–Kier alpha value is -0.860. The van der Waals surface area contributed by atoms with Crippen LogP contribution in [0.25, 0.3) is 0 Å². The molecular formula is C18H30N2. The summed E-state index contributed by atoms with van der Waals surface area (Å²) in [5.74, 6) is 0. The maximum Gasteiger partial charge on any atom is 0.0482 e. The summed E-state index contributed by atoms with van der Waals surface area (Å²) in [5, 5.41) is 0. The Bertz CT molecular complexity index is 443. The Labute approximate surface area is 124 Å². The maximum atomic E-state index is 6.76. The highest BCUT2D eigenvalue weighted by Gasteiger charge is 2.43. The van der Waals surface area contributed by atoms with Gasteiger partial charge in [0.05, 0.1) is 0 Å². The zero-order valence-corrected chi connectivity index (χ0v) is 13.6. The minimum atomic E-state index is 0.129. The molecule has 0 aromatic heterocycles. The Balaban J connectivity index is 2.35. The highest BCUT2D eigenvalue weighted by molar-refractivity contribution is 5.33. The first-order valence-corrected chi connectivity index (χ1v) is 8.13. The van der Waals surface area contributed by atoms with Gasteiger partial charge < -0.3 is 5.73 Å². The summed E-state index contributed by atoms with van der Waals surface area (Å²) >= 11 is 0. The zero-order chi connectivity index (χ0) is 14.8. The minimum Gasteiger partial charge on any atom is -0.322 e. The van der Waals surface area contributed by atoms with E-state index < -0.39 is 0 Å². The fourth-order valence-electron chi connectivity index (χ4n) is 3.93. The van der Waals surface area contributed by atoms with Gasteiger partial charge in [0.2, 0.25) is 0 Å². The van der Waals surface area contributed by atoms with Crippen molar-refractivity contribution < 1.29 is 0 Å². The quantitative estimate of drug-likeness (QED) is 0.880. The lowest BCUT2D eigenvalue weighted by Crippen LogP contribution is -2.53.